The van der Waals surface area contributed by atoms with E-state index in [4.69, 9.17) is 0 Å². The van der Waals surface area contributed by atoms with Gasteiger partial charge in [0.15, 0.2) is 0 Å². The van der Waals surface area contributed by atoms with E-state index in [2.05, 4.69) is 11.8 Å². The molecule has 16 heavy (non-hydrogen) atoms. The van der Waals surface area contributed by atoms with Crippen molar-refractivity contribution in [3.63, 3.8) is 0 Å². The second-order valence-electron chi connectivity index (χ2n) is 4.66. The summed E-state index contributed by atoms with van der Waals surface area (Å²) >= 11 is 0. The van der Waals surface area contributed by atoms with Crippen LogP contribution < -0.4 is 0 Å². The third kappa shape index (κ3) is 2.59. The van der Waals surface area contributed by atoms with Crippen LogP contribution in [-0.2, 0) is 6.54 Å². The van der Waals surface area contributed by atoms with Gasteiger partial charge in [-0.3, -0.25) is 4.90 Å². The maximum atomic E-state index is 13.4. The van der Waals surface area contributed by atoms with Gasteiger partial charge >= 0.3 is 0 Å². The lowest BCUT2D eigenvalue weighted by molar-refractivity contribution is 0.181. The van der Waals surface area contributed by atoms with Crippen molar-refractivity contribution in [3.8, 4) is 0 Å². The summed E-state index contributed by atoms with van der Waals surface area (Å²) in [5, 5.41) is 0. The summed E-state index contributed by atoms with van der Waals surface area (Å²) in [5.74, 6) is -0.126. The largest absolute Gasteiger partial charge is 0.299 e. The summed E-state index contributed by atoms with van der Waals surface area (Å²) in [7, 11) is 0. The highest BCUT2D eigenvalue weighted by molar-refractivity contribution is 5.19. The molecule has 1 aliphatic rings. The molecule has 0 saturated carbocycles. The SMILES string of the molecule is CC1CCN(Cc2c(F)cccc2F)CC1. The van der Waals surface area contributed by atoms with E-state index >= 15 is 0 Å². The fourth-order valence-electron chi connectivity index (χ4n) is 2.13. The molecular formula is C13H17F2N. The smallest absolute Gasteiger partial charge is 0.130 e. The Morgan fingerprint density at radius 1 is 1.19 bits per heavy atom. The van der Waals surface area contributed by atoms with Crippen molar-refractivity contribution >= 4 is 0 Å². The molecule has 1 aromatic rings. The van der Waals surface area contributed by atoms with Crippen LogP contribution in [0.15, 0.2) is 18.2 Å². The Morgan fingerprint density at radius 2 is 1.75 bits per heavy atom. The van der Waals surface area contributed by atoms with Gasteiger partial charge in [-0.25, -0.2) is 8.78 Å². The van der Waals surface area contributed by atoms with Gasteiger partial charge in [-0.05, 0) is 44.0 Å². The zero-order valence-electron chi connectivity index (χ0n) is 9.55. The summed E-state index contributed by atoms with van der Waals surface area (Å²) in [4.78, 5) is 2.13. The maximum absolute atomic E-state index is 13.4. The molecular weight excluding hydrogens is 208 g/mol. The van der Waals surface area contributed by atoms with Gasteiger partial charge in [-0.15, -0.1) is 0 Å². The minimum atomic E-state index is -0.432. The molecule has 1 nitrogen and oxygen atoms in total. The van der Waals surface area contributed by atoms with Crippen LogP contribution in [0.25, 0.3) is 0 Å². The van der Waals surface area contributed by atoms with Crippen molar-refractivity contribution < 1.29 is 8.78 Å². The van der Waals surface area contributed by atoms with E-state index in [-0.39, 0.29) is 5.56 Å². The standard InChI is InChI=1S/C13H17F2N/c1-10-5-7-16(8-6-10)9-11-12(14)3-2-4-13(11)15/h2-4,10H,5-9H2,1H3. The predicted octanol–water partition coefficient (Wildman–Crippen LogP) is 3.20. The van der Waals surface area contributed by atoms with E-state index in [0.717, 1.165) is 31.8 Å². The predicted molar refractivity (Wildman–Crippen MR) is 60.0 cm³/mol. The summed E-state index contributed by atoms with van der Waals surface area (Å²) in [6.07, 6.45) is 2.24. The van der Waals surface area contributed by atoms with E-state index in [1.165, 1.54) is 18.2 Å². The van der Waals surface area contributed by atoms with E-state index in [1.54, 1.807) is 0 Å². The Hall–Kier alpha value is -0.960. The number of hydrogen-bond donors (Lipinski definition) is 0. The molecule has 1 aliphatic heterocycles. The Bertz CT molecular complexity index is 337. The Balaban J connectivity index is 2.04. The summed E-state index contributed by atoms with van der Waals surface area (Å²) < 4.78 is 26.8. The molecule has 0 aromatic heterocycles. The first-order valence-electron chi connectivity index (χ1n) is 5.82. The first kappa shape index (κ1) is 11.5. The second kappa shape index (κ2) is 4.91. The van der Waals surface area contributed by atoms with Crippen molar-refractivity contribution in [1.82, 2.24) is 4.90 Å². The van der Waals surface area contributed by atoms with Crippen LogP contribution in [-0.4, -0.2) is 18.0 Å². The van der Waals surface area contributed by atoms with E-state index in [1.807, 2.05) is 0 Å². The lowest BCUT2D eigenvalue weighted by atomic mass is 9.99. The van der Waals surface area contributed by atoms with Crippen molar-refractivity contribution in [2.24, 2.45) is 5.92 Å². The van der Waals surface area contributed by atoms with Crippen LogP contribution >= 0.6 is 0 Å². The summed E-state index contributed by atoms with van der Waals surface area (Å²) in [6.45, 7) is 4.50. The van der Waals surface area contributed by atoms with Crippen molar-refractivity contribution in [2.45, 2.75) is 26.3 Å². The molecule has 0 bridgehead atoms. The molecule has 1 aromatic carbocycles. The molecule has 2 rings (SSSR count). The van der Waals surface area contributed by atoms with Crippen molar-refractivity contribution in [3.05, 3.63) is 35.4 Å². The fraction of sp³-hybridized carbons (Fsp3) is 0.538. The lowest BCUT2D eigenvalue weighted by Crippen LogP contribution is -2.32. The summed E-state index contributed by atoms with van der Waals surface area (Å²) in [6, 6.07) is 4.06. The number of hydrogen-bond acceptors (Lipinski definition) is 1. The topological polar surface area (TPSA) is 3.24 Å². The normalized spacial score (nSPS) is 18.9. The molecule has 0 unspecified atom stereocenters. The van der Waals surface area contributed by atoms with E-state index in [9.17, 15) is 8.78 Å². The number of likely N-dealkylation sites (tertiary alicyclic amines) is 1. The minimum absolute atomic E-state index is 0.206. The van der Waals surface area contributed by atoms with E-state index in [0.29, 0.717) is 6.54 Å². The zero-order valence-corrected chi connectivity index (χ0v) is 9.55. The Kier molecular flexibility index (Phi) is 3.54. The minimum Gasteiger partial charge on any atom is -0.299 e. The van der Waals surface area contributed by atoms with Crippen molar-refractivity contribution in [1.29, 1.82) is 0 Å². The van der Waals surface area contributed by atoms with Crippen LogP contribution in [0.3, 0.4) is 0 Å². The van der Waals surface area contributed by atoms with Crippen LogP contribution in [0.4, 0.5) is 8.78 Å². The average Bonchev–Trinajstić information content (AvgIpc) is 2.26. The van der Waals surface area contributed by atoms with Gasteiger partial charge in [0.1, 0.15) is 11.6 Å². The zero-order chi connectivity index (χ0) is 11.5. The van der Waals surface area contributed by atoms with E-state index < -0.39 is 11.6 Å². The van der Waals surface area contributed by atoms with Gasteiger partial charge in [0, 0.05) is 12.1 Å². The molecule has 0 amide bonds. The summed E-state index contributed by atoms with van der Waals surface area (Å²) in [5.41, 5.74) is 0.206. The third-order valence-corrected chi connectivity index (χ3v) is 3.32. The van der Waals surface area contributed by atoms with Gasteiger partial charge in [-0.2, -0.15) is 0 Å². The molecule has 0 spiro atoms. The quantitative estimate of drug-likeness (QED) is 0.747. The maximum Gasteiger partial charge on any atom is 0.130 e. The molecule has 1 fully saturated rings. The Morgan fingerprint density at radius 3 is 2.31 bits per heavy atom. The van der Waals surface area contributed by atoms with Gasteiger partial charge in [0.25, 0.3) is 0 Å². The van der Waals surface area contributed by atoms with Crippen LogP contribution in [0.5, 0.6) is 0 Å². The first-order chi connectivity index (χ1) is 7.66. The molecule has 3 heteroatoms. The molecule has 0 aliphatic carbocycles. The molecule has 0 atom stereocenters. The van der Waals surface area contributed by atoms with Crippen molar-refractivity contribution in [2.75, 3.05) is 13.1 Å². The Labute approximate surface area is 95.1 Å². The van der Waals surface area contributed by atoms with Gasteiger partial charge in [-0.1, -0.05) is 13.0 Å². The van der Waals surface area contributed by atoms with Gasteiger partial charge in [0.2, 0.25) is 0 Å². The number of halogens is 2. The monoisotopic (exact) mass is 225 g/mol. The highest BCUT2D eigenvalue weighted by atomic mass is 19.1. The highest BCUT2D eigenvalue weighted by Crippen LogP contribution is 2.20. The average molecular weight is 225 g/mol. The van der Waals surface area contributed by atoms with Gasteiger partial charge in [0.05, 0.1) is 0 Å². The second-order valence-corrected chi connectivity index (χ2v) is 4.66. The molecule has 0 radical (unpaired) electrons. The molecule has 1 saturated heterocycles. The lowest BCUT2D eigenvalue weighted by Gasteiger charge is -2.30. The number of rotatable bonds is 2. The number of piperidine rings is 1. The number of benzene rings is 1. The number of nitrogens with zero attached hydrogens (tertiary/aromatic N) is 1. The van der Waals surface area contributed by atoms with Gasteiger partial charge < -0.3 is 0 Å². The molecule has 88 valence electrons. The third-order valence-electron chi connectivity index (χ3n) is 3.32. The van der Waals surface area contributed by atoms with Crippen LogP contribution in [0, 0.1) is 17.6 Å². The van der Waals surface area contributed by atoms with Crippen LogP contribution in [0.2, 0.25) is 0 Å². The highest BCUT2D eigenvalue weighted by Gasteiger charge is 2.18. The molecule has 1 heterocycles. The van der Waals surface area contributed by atoms with Crippen LogP contribution in [0.1, 0.15) is 25.3 Å². The first-order valence-corrected chi connectivity index (χ1v) is 5.82. The molecule has 0 N–H and O–H groups in total. The fourth-order valence-corrected chi connectivity index (χ4v) is 2.13.